The molecule has 1 aliphatic rings. The third-order valence-electron chi connectivity index (χ3n) is 4.03. The van der Waals surface area contributed by atoms with Gasteiger partial charge in [-0.05, 0) is 31.7 Å². The van der Waals surface area contributed by atoms with Gasteiger partial charge >= 0.3 is 0 Å². The minimum atomic E-state index is 0.117. The van der Waals surface area contributed by atoms with Crippen molar-refractivity contribution in [2.75, 3.05) is 7.05 Å². The Kier molecular flexibility index (Phi) is 4.06. The van der Waals surface area contributed by atoms with E-state index in [0.29, 0.717) is 6.54 Å². The van der Waals surface area contributed by atoms with E-state index >= 15 is 0 Å². The second kappa shape index (κ2) is 5.98. The van der Waals surface area contributed by atoms with Crippen LogP contribution >= 0.6 is 11.3 Å². The first kappa shape index (κ1) is 14.3. The Hall–Kier alpha value is -1.68. The van der Waals surface area contributed by atoms with E-state index in [2.05, 4.69) is 17.1 Å². The molecular weight excluding hydrogens is 280 g/mol. The van der Waals surface area contributed by atoms with Gasteiger partial charge < -0.3 is 4.90 Å². The monoisotopic (exact) mass is 300 g/mol. The van der Waals surface area contributed by atoms with Gasteiger partial charge in [-0.25, -0.2) is 4.98 Å². The molecule has 110 valence electrons. The van der Waals surface area contributed by atoms with E-state index in [1.165, 1.54) is 16.1 Å². The van der Waals surface area contributed by atoms with Crippen LogP contribution in [-0.4, -0.2) is 22.8 Å². The van der Waals surface area contributed by atoms with Crippen molar-refractivity contribution in [2.24, 2.45) is 5.92 Å². The molecule has 1 heterocycles. The van der Waals surface area contributed by atoms with Crippen LogP contribution < -0.4 is 0 Å². The molecule has 21 heavy (non-hydrogen) atoms. The Labute approximate surface area is 129 Å². The van der Waals surface area contributed by atoms with E-state index in [0.717, 1.165) is 24.3 Å². The van der Waals surface area contributed by atoms with Gasteiger partial charge in [-0.2, -0.15) is 0 Å². The maximum atomic E-state index is 12.6. The summed E-state index contributed by atoms with van der Waals surface area (Å²) in [6, 6.07) is 10.2. The average Bonchev–Trinajstić information content (AvgIpc) is 2.86. The van der Waals surface area contributed by atoms with Crippen molar-refractivity contribution in [3.63, 3.8) is 0 Å². The number of amides is 1. The van der Waals surface area contributed by atoms with Crippen LogP contribution in [0.3, 0.4) is 0 Å². The molecule has 0 bridgehead atoms. The van der Waals surface area contributed by atoms with Crippen molar-refractivity contribution in [3.05, 3.63) is 51.5 Å². The van der Waals surface area contributed by atoms with Gasteiger partial charge in [0.25, 0.3) is 0 Å². The van der Waals surface area contributed by atoms with E-state index in [-0.39, 0.29) is 11.8 Å². The highest BCUT2D eigenvalue weighted by Gasteiger charge is 2.28. The second-order valence-corrected chi connectivity index (χ2v) is 7.01. The lowest BCUT2D eigenvalue weighted by Crippen LogP contribution is -2.35. The lowest BCUT2D eigenvalue weighted by atomic mass is 9.90. The minimum absolute atomic E-state index is 0.117. The molecule has 1 amide bonds. The Morgan fingerprint density at radius 2 is 2.14 bits per heavy atom. The van der Waals surface area contributed by atoms with Crippen LogP contribution in [-0.2, 0) is 24.2 Å². The van der Waals surface area contributed by atoms with Gasteiger partial charge in [-0.3, -0.25) is 4.79 Å². The molecule has 1 unspecified atom stereocenters. The van der Waals surface area contributed by atoms with Crippen molar-refractivity contribution < 1.29 is 4.79 Å². The number of thiazole rings is 1. The maximum absolute atomic E-state index is 12.6. The SMILES string of the molecule is Cc1nc2c(s1)CC(C(=O)N(C)Cc1ccccc1)CC2. The summed E-state index contributed by atoms with van der Waals surface area (Å²) in [6.45, 7) is 2.73. The summed E-state index contributed by atoms with van der Waals surface area (Å²) in [6.07, 6.45) is 2.72. The number of hydrogen-bond acceptors (Lipinski definition) is 3. The van der Waals surface area contributed by atoms with E-state index < -0.39 is 0 Å². The first-order valence-electron chi connectivity index (χ1n) is 7.37. The van der Waals surface area contributed by atoms with Gasteiger partial charge in [-0.15, -0.1) is 11.3 Å². The minimum Gasteiger partial charge on any atom is -0.341 e. The number of aromatic nitrogens is 1. The van der Waals surface area contributed by atoms with Crippen LogP contribution in [0.25, 0.3) is 0 Å². The molecule has 4 heteroatoms. The fourth-order valence-corrected chi connectivity index (χ4v) is 4.02. The fraction of sp³-hybridized carbons (Fsp3) is 0.412. The average molecular weight is 300 g/mol. The normalized spacial score (nSPS) is 17.3. The van der Waals surface area contributed by atoms with E-state index in [1.54, 1.807) is 11.3 Å². The molecule has 3 nitrogen and oxygen atoms in total. The molecule has 1 aliphatic carbocycles. The summed E-state index contributed by atoms with van der Waals surface area (Å²) in [5.74, 6) is 0.376. The Bertz CT molecular complexity index is 635. The summed E-state index contributed by atoms with van der Waals surface area (Å²) >= 11 is 1.75. The summed E-state index contributed by atoms with van der Waals surface area (Å²) in [5, 5.41) is 1.12. The zero-order chi connectivity index (χ0) is 14.8. The number of fused-ring (bicyclic) bond motifs is 1. The van der Waals surface area contributed by atoms with Crippen molar-refractivity contribution in [2.45, 2.75) is 32.7 Å². The highest BCUT2D eigenvalue weighted by molar-refractivity contribution is 7.11. The number of carbonyl (C=O) groups excluding carboxylic acids is 1. The number of rotatable bonds is 3. The zero-order valence-electron chi connectivity index (χ0n) is 12.5. The van der Waals surface area contributed by atoms with E-state index in [9.17, 15) is 4.79 Å². The van der Waals surface area contributed by atoms with Crippen LogP contribution in [0.5, 0.6) is 0 Å². The van der Waals surface area contributed by atoms with Gasteiger partial charge in [-0.1, -0.05) is 30.3 Å². The van der Waals surface area contributed by atoms with Gasteiger partial charge in [0.2, 0.25) is 5.91 Å². The fourth-order valence-electron chi connectivity index (χ4n) is 2.96. The van der Waals surface area contributed by atoms with Gasteiger partial charge in [0.15, 0.2) is 0 Å². The number of hydrogen-bond donors (Lipinski definition) is 0. The molecule has 3 rings (SSSR count). The topological polar surface area (TPSA) is 33.2 Å². The Morgan fingerprint density at radius 3 is 2.90 bits per heavy atom. The van der Waals surface area contributed by atoms with Crippen LogP contribution in [0.15, 0.2) is 30.3 Å². The van der Waals surface area contributed by atoms with Gasteiger partial charge in [0.05, 0.1) is 10.7 Å². The standard InChI is InChI=1S/C17H20N2OS/c1-12-18-15-9-8-14(10-16(15)21-12)17(20)19(2)11-13-6-4-3-5-7-13/h3-7,14H,8-11H2,1-2H3. The first-order valence-corrected chi connectivity index (χ1v) is 8.19. The molecular formula is C17H20N2OS. The van der Waals surface area contributed by atoms with E-state index in [4.69, 9.17) is 0 Å². The highest BCUT2D eigenvalue weighted by Crippen LogP contribution is 2.30. The quantitative estimate of drug-likeness (QED) is 0.872. The number of benzene rings is 1. The van der Waals surface area contributed by atoms with Gasteiger partial charge in [0, 0.05) is 24.4 Å². The summed E-state index contributed by atoms with van der Waals surface area (Å²) in [5.41, 5.74) is 2.39. The molecule has 0 saturated carbocycles. The number of carbonyl (C=O) groups is 1. The molecule has 0 fully saturated rings. The molecule has 0 aliphatic heterocycles. The van der Waals surface area contributed by atoms with Crippen LogP contribution in [0.2, 0.25) is 0 Å². The van der Waals surface area contributed by atoms with Crippen molar-refractivity contribution in [1.82, 2.24) is 9.88 Å². The van der Waals surface area contributed by atoms with Crippen molar-refractivity contribution in [3.8, 4) is 0 Å². The molecule has 0 radical (unpaired) electrons. The van der Waals surface area contributed by atoms with Crippen LogP contribution in [0, 0.1) is 12.8 Å². The Balaban J connectivity index is 1.66. The van der Waals surface area contributed by atoms with Crippen LogP contribution in [0.1, 0.15) is 27.6 Å². The summed E-state index contributed by atoms with van der Waals surface area (Å²) in [4.78, 5) is 20.4. The summed E-state index contributed by atoms with van der Waals surface area (Å²) < 4.78 is 0. The first-order chi connectivity index (χ1) is 10.1. The van der Waals surface area contributed by atoms with Gasteiger partial charge in [0.1, 0.15) is 0 Å². The largest absolute Gasteiger partial charge is 0.341 e. The zero-order valence-corrected chi connectivity index (χ0v) is 13.3. The lowest BCUT2D eigenvalue weighted by molar-refractivity contribution is -0.135. The predicted molar refractivity (Wildman–Crippen MR) is 85.3 cm³/mol. The Morgan fingerprint density at radius 1 is 1.38 bits per heavy atom. The van der Waals surface area contributed by atoms with E-state index in [1.807, 2.05) is 37.1 Å². The second-order valence-electron chi connectivity index (χ2n) is 5.72. The highest BCUT2D eigenvalue weighted by atomic mass is 32.1. The van der Waals surface area contributed by atoms with Crippen molar-refractivity contribution in [1.29, 1.82) is 0 Å². The molecule has 1 aromatic carbocycles. The predicted octanol–water partition coefficient (Wildman–Crippen LogP) is 3.22. The van der Waals surface area contributed by atoms with Crippen LogP contribution in [0.4, 0.5) is 0 Å². The molecule has 0 saturated heterocycles. The molecule has 2 aromatic rings. The van der Waals surface area contributed by atoms with Crippen molar-refractivity contribution >= 4 is 17.2 Å². The molecule has 0 spiro atoms. The lowest BCUT2D eigenvalue weighted by Gasteiger charge is -2.26. The molecule has 1 aromatic heterocycles. The molecule has 1 atom stereocenters. The molecule has 0 N–H and O–H groups in total. The summed E-state index contributed by atoms with van der Waals surface area (Å²) in [7, 11) is 1.91. The third kappa shape index (κ3) is 3.16. The smallest absolute Gasteiger partial charge is 0.226 e. The third-order valence-corrected chi connectivity index (χ3v) is 5.07. The number of nitrogens with zero attached hydrogens (tertiary/aromatic N) is 2. The number of aryl methyl sites for hydroxylation is 2. The maximum Gasteiger partial charge on any atom is 0.226 e.